The van der Waals surface area contributed by atoms with Crippen molar-refractivity contribution < 1.29 is 14.6 Å². The number of hydrogen-bond acceptors (Lipinski definition) is 4. The van der Waals surface area contributed by atoms with Crippen molar-refractivity contribution in [3.8, 4) is 5.75 Å². The number of rotatable bonds is 6. The second kappa shape index (κ2) is 7.84. The van der Waals surface area contributed by atoms with Gasteiger partial charge in [-0.05, 0) is 36.8 Å². The van der Waals surface area contributed by atoms with E-state index in [4.69, 9.17) is 4.74 Å². The lowest BCUT2D eigenvalue weighted by Crippen LogP contribution is -2.38. The van der Waals surface area contributed by atoms with E-state index in [2.05, 4.69) is 0 Å². The number of anilines is 2. The standard InChI is InChI=1S/C19H24N2O3/c1-14(24-16-9-7-8-15(12-16)13-22)19(23)21(4)18-11-6-5-10-17(18)20(2)3/h5-12,14,22H,13H2,1-4H3. The number of benzene rings is 2. The number of para-hydroxylation sites is 2. The van der Waals surface area contributed by atoms with Crippen molar-refractivity contribution in [3.63, 3.8) is 0 Å². The van der Waals surface area contributed by atoms with Crippen LogP contribution >= 0.6 is 0 Å². The fourth-order valence-corrected chi connectivity index (χ4v) is 2.49. The van der Waals surface area contributed by atoms with Gasteiger partial charge < -0.3 is 19.6 Å². The minimum Gasteiger partial charge on any atom is -0.481 e. The van der Waals surface area contributed by atoms with Crippen molar-refractivity contribution in [1.29, 1.82) is 0 Å². The van der Waals surface area contributed by atoms with E-state index in [1.54, 1.807) is 43.1 Å². The highest BCUT2D eigenvalue weighted by Crippen LogP contribution is 2.27. The Kier molecular flexibility index (Phi) is 5.82. The van der Waals surface area contributed by atoms with Crippen LogP contribution in [0.15, 0.2) is 48.5 Å². The van der Waals surface area contributed by atoms with E-state index in [9.17, 15) is 9.90 Å². The average molecular weight is 328 g/mol. The normalized spacial score (nSPS) is 11.7. The summed E-state index contributed by atoms with van der Waals surface area (Å²) in [6.45, 7) is 1.67. The first-order valence-electron chi connectivity index (χ1n) is 7.84. The molecule has 5 nitrogen and oxygen atoms in total. The Morgan fingerprint density at radius 3 is 2.38 bits per heavy atom. The summed E-state index contributed by atoms with van der Waals surface area (Å²) in [5.74, 6) is 0.426. The lowest BCUT2D eigenvalue weighted by Gasteiger charge is -2.26. The second-order valence-electron chi connectivity index (χ2n) is 5.85. The van der Waals surface area contributed by atoms with E-state index < -0.39 is 6.10 Å². The Labute approximate surface area is 143 Å². The molecule has 0 saturated heterocycles. The van der Waals surface area contributed by atoms with E-state index in [1.165, 1.54) is 0 Å². The first-order valence-corrected chi connectivity index (χ1v) is 7.84. The van der Waals surface area contributed by atoms with Crippen LogP contribution in [0.3, 0.4) is 0 Å². The summed E-state index contributed by atoms with van der Waals surface area (Å²) in [4.78, 5) is 16.3. The Morgan fingerprint density at radius 1 is 1.08 bits per heavy atom. The van der Waals surface area contributed by atoms with Crippen LogP contribution in [-0.2, 0) is 11.4 Å². The molecule has 1 unspecified atom stereocenters. The van der Waals surface area contributed by atoms with Gasteiger partial charge in [0, 0.05) is 21.1 Å². The van der Waals surface area contributed by atoms with Crippen molar-refractivity contribution in [2.45, 2.75) is 19.6 Å². The van der Waals surface area contributed by atoms with Crippen LogP contribution in [0.2, 0.25) is 0 Å². The fraction of sp³-hybridized carbons (Fsp3) is 0.316. The zero-order chi connectivity index (χ0) is 17.7. The molecule has 0 aromatic heterocycles. The van der Waals surface area contributed by atoms with Crippen molar-refractivity contribution in [1.82, 2.24) is 0 Å². The van der Waals surface area contributed by atoms with Crippen LogP contribution in [-0.4, -0.2) is 38.3 Å². The molecule has 1 N–H and O–H groups in total. The van der Waals surface area contributed by atoms with Gasteiger partial charge >= 0.3 is 0 Å². The van der Waals surface area contributed by atoms with Gasteiger partial charge in [0.15, 0.2) is 6.10 Å². The molecule has 128 valence electrons. The van der Waals surface area contributed by atoms with Gasteiger partial charge in [-0.25, -0.2) is 0 Å². The summed E-state index contributed by atoms with van der Waals surface area (Å²) >= 11 is 0. The summed E-state index contributed by atoms with van der Waals surface area (Å²) in [6.07, 6.45) is -0.640. The molecule has 1 atom stereocenters. The molecule has 0 heterocycles. The number of nitrogens with zero attached hydrogens (tertiary/aromatic N) is 2. The first kappa shape index (κ1) is 17.8. The van der Waals surface area contributed by atoms with Crippen molar-refractivity contribution in [2.24, 2.45) is 0 Å². The van der Waals surface area contributed by atoms with Gasteiger partial charge in [-0.15, -0.1) is 0 Å². The molecule has 24 heavy (non-hydrogen) atoms. The van der Waals surface area contributed by atoms with Crippen LogP contribution in [0.1, 0.15) is 12.5 Å². The second-order valence-corrected chi connectivity index (χ2v) is 5.85. The van der Waals surface area contributed by atoms with E-state index in [0.717, 1.165) is 16.9 Å². The number of amides is 1. The number of carbonyl (C=O) groups excluding carboxylic acids is 1. The predicted octanol–water partition coefficient (Wildman–Crippen LogP) is 2.68. The molecule has 2 aromatic rings. The van der Waals surface area contributed by atoms with E-state index in [0.29, 0.717) is 5.75 Å². The Balaban J connectivity index is 2.15. The molecule has 5 heteroatoms. The zero-order valence-corrected chi connectivity index (χ0v) is 14.6. The number of likely N-dealkylation sites (N-methyl/N-ethyl adjacent to an activating group) is 1. The zero-order valence-electron chi connectivity index (χ0n) is 14.6. The smallest absolute Gasteiger partial charge is 0.267 e. The third-order valence-corrected chi connectivity index (χ3v) is 3.80. The molecule has 0 bridgehead atoms. The quantitative estimate of drug-likeness (QED) is 0.886. The van der Waals surface area contributed by atoms with Crippen LogP contribution in [0.4, 0.5) is 11.4 Å². The van der Waals surface area contributed by atoms with Crippen molar-refractivity contribution in [3.05, 3.63) is 54.1 Å². The molecule has 2 rings (SSSR count). The number of aliphatic hydroxyl groups is 1. The summed E-state index contributed by atoms with van der Waals surface area (Å²) < 4.78 is 5.75. The number of carbonyl (C=O) groups is 1. The molecule has 0 fully saturated rings. The van der Waals surface area contributed by atoms with E-state index in [-0.39, 0.29) is 12.5 Å². The maximum absolute atomic E-state index is 12.7. The number of ether oxygens (including phenoxy) is 1. The molecular formula is C19H24N2O3. The lowest BCUT2D eigenvalue weighted by atomic mass is 10.2. The monoisotopic (exact) mass is 328 g/mol. The highest BCUT2D eigenvalue weighted by atomic mass is 16.5. The van der Waals surface area contributed by atoms with Gasteiger partial charge in [0.1, 0.15) is 5.75 Å². The Hall–Kier alpha value is -2.53. The topological polar surface area (TPSA) is 53.0 Å². The molecule has 0 aliphatic carbocycles. The Bertz CT molecular complexity index is 701. The third kappa shape index (κ3) is 4.06. The van der Waals surface area contributed by atoms with Gasteiger partial charge in [0.2, 0.25) is 0 Å². The predicted molar refractivity (Wildman–Crippen MR) is 96.6 cm³/mol. The van der Waals surface area contributed by atoms with Crippen molar-refractivity contribution in [2.75, 3.05) is 30.9 Å². The highest BCUT2D eigenvalue weighted by Gasteiger charge is 2.22. The SMILES string of the molecule is CC(Oc1cccc(CO)c1)C(=O)N(C)c1ccccc1N(C)C. The van der Waals surface area contributed by atoms with Crippen LogP contribution in [0.5, 0.6) is 5.75 Å². The van der Waals surface area contributed by atoms with Crippen LogP contribution in [0.25, 0.3) is 0 Å². The Morgan fingerprint density at radius 2 is 1.75 bits per heavy atom. The average Bonchev–Trinajstić information content (AvgIpc) is 2.60. The van der Waals surface area contributed by atoms with Gasteiger partial charge in [0.05, 0.1) is 18.0 Å². The molecule has 0 radical (unpaired) electrons. The van der Waals surface area contributed by atoms with Crippen LogP contribution < -0.4 is 14.5 Å². The summed E-state index contributed by atoms with van der Waals surface area (Å²) in [5, 5.41) is 9.19. The minimum absolute atomic E-state index is 0.0599. The third-order valence-electron chi connectivity index (χ3n) is 3.80. The number of aliphatic hydroxyl groups excluding tert-OH is 1. The highest BCUT2D eigenvalue weighted by molar-refractivity contribution is 5.98. The maximum Gasteiger partial charge on any atom is 0.267 e. The molecular weight excluding hydrogens is 304 g/mol. The van der Waals surface area contributed by atoms with E-state index >= 15 is 0 Å². The first-order chi connectivity index (χ1) is 11.4. The number of hydrogen-bond donors (Lipinski definition) is 1. The molecule has 0 spiro atoms. The fourth-order valence-electron chi connectivity index (χ4n) is 2.49. The molecule has 0 aliphatic heterocycles. The minimum atomic E-state index is -0.640. The summed E-state index contributed by atoms with van der Waals surface area (Å²) in [6, 6.07) is 14.8. The largest absolute Gasteiger partial charge is 0.481 e. The van der Waals surface area contributed by atoms with Gasteiger partial charge in [-0.2, -0.15) is 0 Å². The van der Waals surface area contributed by atoms with Gasteiger partial charge in [-0.1, -0.05) is 24.3 Å². The van der Waals surface area contributed by atoms with Gasteiger partial charge in [0.25, 0.3) is 5.91 Å². The maximum atomic E-state index is 12.7. The molecule has 2 aromatic carbocycles. The van der Waals surface area contributed by atoms with Gasteiger partial charge in [-0.3, -0.25) is 4.79 Å². The van der Waals surface area contributed by atoms with Crippen molar-refractivity contribution >= 4 is 17.3 Å². The lowest BCUT2D eigenvalue weighted by molar-refractivity contribution is -0.124. The molecule has 0 saturated carbocycles. The molecule has 0 aliphatic rings. The summed E-state index contributed by atoms with van der Waals surface area (Å²) in [5.41, 5.74) is 2.54. The summed E-state index contributed by atoms with van der Waals surface area (Å²) in [7, 11) is 5.63. The molecule has 1 amide bonds. The van der Waals surface area contributed by atoms with Crippen LogP contribution in [0, 0.1) is 0 Å². The van der Waals surface area contributed by atoms with E-state index in [1.807, 2.05) is 43.3 Å².